The average Bonchev–Trinajstić information content (AvgIpc) is 2.72. The molecule has 1 aliphatic carbocycles. The summed E-state index contributed by atoms with van der Waals surface area (Å²) in [4.78, 5) is 21.6. The molecule has 0 amide bonds. The van der Waals surface area contributed by atoms with Crippen molar-refractivity contribution >= 4 is 11.6 Å². The summed E-state index contributed by atoms with van der Waals surface area (Å²) in [5, 5.41) is 0. The number of hydrogen-bond donors (Lipinski definition) is 0. The molecule has 118 valence electrons. The van der Waals surface area contributed by atoms with Crippen LogP contribution in [0.5, 0.6) is 0 Å². The van der Waals surface area contributed by atoms with Gasteiger partial charge in [0.15, 0.2) is 11.6 Å². The number of carbonyl (C=O) groups excluding carboxylic acids is 2. The van der Waals surface area contributed by atoms with Gasteiger partial charge in [-0.1, -0.05) is 72.9 Å². The maximum atomic E-state index is 10.8. The highest BCUT2D eigenvalue weighted by Crippen LogP contribution is 2.17. The Balaban J connectivity index is 2.60. The normalized spacial score (nSPS) is 15.9. The van der Waals surface area contributed by atoms with Crippen LogP contribution in [0.1, 0.15) is 20.3 Å². The van der Waals surface area contributed by atoms with Gasteiger partial charge in [0.05, 0.1) is 0 Å². The molecule has 0 heterocycles. The lowest BCUT2D eigenvalue weighted by atomic mass is 10.0. The van der Waals surface area contributed by atoms with E-state index in [9.17, 15) is 9.59 Å². The second-order valence-electron chi connectivity index (χ2n) is 5.09. The lowest BCUT2D eigenvalue weighted by molar-refractivity contribution is -0.113. The average molecular weight is 306 g/mol. The summed E-state index contributed by atoms with van der Waals surface area (Å²) in [6.07, 6.45) is 27.1. The molecule has 0 unspecified atom stereocenters. The number of carbonyl (C=O) groups is 2. The molecule has 0 N–H and O–H groups in total. The van der Waals surface area contributed by atoms with Crippen LogP contribution in [0.3, 0.4) is 0 Å². The fourth-order valence-corrected chi connectivity index (χ4v) is 1.81. The van der Waals surface area contributed by atoms with Crippen molar-refractivity contribution in [1.29, 1.82) is 0 Å². The first-order valence-corrected chi connectivity index (χ1v) is 7.51. The van der Waals surface area contributed by atoms with Crippen molar-refractivity contribution in [3.8, 4) is 0 Å². The minimum Gasteiger partial charge on any atom is -0.295 e. The molecule has 0 aliphatic heterocycles. The quantitative estimate of drug-likeness (QED) is 0.502. The third-order valence-corrected chi connectivity index (χ3v) is 2.87. The van der Waals surface area contributed by atoms with Crippen LogP contribution in [-0.2, 0) is 9.59 Å². The number of ketones is 2. The van der Waals surface area contributed by atoms with Gasteiger partial charge in [-0.25, -0.2) is 0 Å². The van der Waals surface area contributed by atoms with Crippen molar-refractivity contribution in [2.24, 2.45) is 0 Å². The van der Waals surface area contributed by atoms with E-state index in [1.807, 2.05) is 48.6 Å². The Morgan fingerprint density at radius 2 is 1.17 bits per heavy atom. The monoisotopic (exact) mass is 306 g/mol. The van der Waals surface area contributed by atoms with Gasteiger partial charge in [-0.15, -0.1) is 0 Å². The van der Waals surface area contributed by atoms with E-state index < -0.39 is 0 Å². The molecule has 0 bridgehead atoms. The van der Waals surface area contributed by atoms with E-state index in [4.69, 9.17) is 0 Å². The Morgan fingerprint density at radius 1 is 0.739 bits per heavy atom. The van der Waals surface area contributed by atoms with Crippen molar-refractivity contribution < 1.29 is 9.59 Å². The van der Waals surface area contributed by atoms with E-state index >= 15 is 0 Å². The van der Waals surface area contributed by atoms with Crippen molar-refractivity contribution in [2.45, 2.75) is 20.3 Å². The van der Waals surface area contributed by atoms with Crippen LogP contribution in [0.15, 0.2) is 96.2 Å². The van der Waals surface area contributed by atoms with Crippen LogP contribution in [-0.4, -0.2) is 11.6 Å². The van der Waals surface area contributed by atoms with E-state index in [1.54, 1.807) is 18.2 Å². The molecule has 0 atom stereocenters. The zero-order chi connectivity index (χ0) is 16.9. The SMILES string of the molecule is CC(=O)/C=C/C=C/C=C/C1=CC=CC=C(/C=C/C=C/C(C)=O)C1. The minimum absolute atomic E-state index is 0.0376. The molecule has 1 aliphatic rings. The first kappa shape index (κ1) is 18.3. The fourth-order valence-electron chi connectivity index (χ4n) is 1.81. The van der Waals surface area contributed by atoms with Crippen LogP contribution in [0, 0.1) is 0 Å². The van der Waals surface area contributed by atoms with Crippen LogP contribution in [0.4, 0.5) is 0 Å². The lowest BCUT2D eigenvalue weighted by Gasteiger charge is -2.00. The molecule has 0 saturated heterocycles. The van der Waals surface area contributed by atoms with E-state index in [1.165, 1.54) is 31.1 Å². The minimum atomic E-state index is 0.0376. The highest BCUT2D eigenvalue weighted by Gasteiger charge is 1.98. The lowest BCUT2D eigenvalue weighted by Crippen LogP contribution is -1.82. The Labute approximate surface area is 138 Å². The molecule has 0 spiro atoms. The second-order valence-corrected chi connectivity index (χ2v) is 5.09. The largest absolute Gasteiger partial charge is 0.295 e. The van der Waals surface area contributed by atoms with Crippen molar-refractivity contribution in [3.63, 3.8) is 0 Å². The molecule has 23 heavy (non-hydrogen) atoms. The Morgan fingerprint density at radius 3 is 1.70 bits per heavy atom. The van der Waals surface area contributed by atoms with Gasteiger partial charge in [0.1, 0.15) is 0 Å². The smallest absolute Gasteiger partial charge is 0.152 e. The molecule has 1 rings (SSSR count). The summed E-state index contributed by atoms with van der Waals surface area (Å²) in [5.41, 5.74) is 2.36. The maximum Gasteiger partial charge on any atom is 0.152 e. The first-order valence-electron chi connectivity index (χ1n) is 7.51. The fraction of sp³-hybridized carbons (Fsp3) is 0.143. The van der Waals surface area contributed by atoms with Gasteiger partial charge in [0.2, 0.25) is 0 Å². The van der Waals surface area contributed by atoms with Crippen LogP contribution in [0.2, 0.25) is 0 Å². The Hall–Kier alpha value is -2.74. The zero-order valence-corrected chi connectivity index (χ0v) is 13.6. The summed E-state index contributed by atoms with van der Waals surface area (Å²) in [6.45, 7) is 3.05. The van der Waals surface area contributed by atoms with Crippen molar-refractivity contribution in [1.82, 2.24) is 0 Å². The molecule has 0 saturated carbocycles. The first-order chi connectivity index (χ1) is 11.1. The molecule has 0 radical (unpaired) electrons. The number of rotatable bonds is 7. The third kappa shape index (κ3) is 9.75. The summed E-state index contributed by atoms with van der Waals surface area (Å²) in [5.74, 6) is 0.0779. The predicted octanol–water partition coefficient (Wildman–Crippen LogP) is 4.76. The summed E-state index contributed by atoms with van der Waals surface area (Å²) in [6, 6.07) is 0. The van der Waals surface area contributed by atoms with Crippen molar-refractivity contribution in [3.05, 3.63) is 96.2 Å². The topological polar surface area (TPSA) is 34.1 Å². The molecule has 2 heteroatoms. The second kappa shape index (κ2) is 10.9. The maximum absolute atomic E-state index is 10.8. The third-order valence-electron chi connectivity index (χ3n) is 2.87. The molecular formula is C21H22O2. The van der Waals surface area contributed by atoms with Gasteiger partial charge in [-0.05, 0) is 43.6 Å². The predicted molar refractivity (Wildman–Crippen MR) is 97.0 cm³/mol. The highest BCUT2D eigenvalue weighted by molar-refractivity contribution is 5.87. The van der Waals surface area contributed by atoms with Gasteiger partial charge >= 0.3 is 0 Å². The standard InChI is InChI=1S/C21H22O2/c1-18(22)11-5-3-4-6-13-20-15-9-10-16-21(17-20)14-8-7-12-19(2)23/h3-16H,17H2,1-2H3/b4-3+,11-5+,12-7+,13-6+,14-8+. The molecule has 0 fully saturated rings. The van der Waals surface area contributed by atoms with Crippen LogP contribution in [0.25, 0.3) is 0 Å². The molecule has 2 nitrogen and oxygen atoms in total. The molecule has 0 aromatic heterocycles. The Bertz CT molecular complexity index is 660. The molecular weight excluding hydrogens is 284 g/mol. The number of hydrogen-bond acceptors (Lipinski definition) is 2. The van der Waals surface area contributed by atoms with Crippen LogP contribution < -0.4 is 0 Å². The molecule has 0 aromatic rings. The Kier molecular flexibility index (Phi) is 8.69. The number of allylic oxidation sites excluding steroid dienone is 16. The van der Waals surface area contributed by atoms with Crippen molar-refractivity contribution in [2.75, 3.05) is 0 Å². The van der Waals surface area contributed by atoms with Gasteiger partial charge in [-0.2, -0.15) is 0 Å². The van der Waals surface area contributed by atoms with Gasteiger partial charge in [-0.3, -0.25) is 9.59 Å². The molecule has 0 aromatic carbocycles. The van der Waals surface area contributed by atoms with Gasteiger partial charge < -0.3 is 0 Å². The summed E-state index contributed by atoms with van der Waals surface area (Å²) < 4.78 is 0. The summed E-state index contributed by atoms with van der Waals surface area (Å²) in [7, 11) is 0. The highest BCUT2D eigenvalue weighted by atomic mass is 16.1. The van der Waals surface area contributed by atoms with E-state index in [-0.39, 0.29) is 11.6 Å². The van der Waals surface area contributed by atoms with Crippen LogP contribution >= 0.6 is 0 Å². The zero-order valence-electron chi connectivity index (χ0n) is 13.6. The van der Waals surface area contributed by atoms with E-state index in [0.717, 1.165) is 6.42 Å². The van der Waals surface area contributed by atoms with Gasteiger partial charge in [0, 0.05) is 0 Å². The van der Waals surface area contributed by atoms with E-state index in [2.05, 4.69) is 12.2 Å². The summed E-state index contributed by atoms with van der Waals surface area (Å²) >= 11 is 0. The van der Waals surface area contributed by atoms with E-state index in [0.29, 0.717) is 0 Å². The van der Waals surface area contributed by atoms with Gasteiger partial charge in [0.25, 0.3) is 0 Å².